The second kappa shape index (κ2) is 7.15. The average Bonchev–Trinajstić information content (AvgIpc) is 2.53. The van der Waals surface area contributed by atoms with E-state index < -0.39 is 0 Å². The Morgan fingerprint density at radius 1 is 1.00 bits per heavy atom. The van der Waals surface area contributed by atoms with Gasteiger partial charge in [-0.15, -0.1) is 0 Å². The minimum absolute atomic E-state index is 0.110. The summed E-state index contributed by atoms with van der Waals surface area (Å²) in [6, 6.07) is 15.5. The molecule has 0 fully saturated rings. The Hall–Kier alpha value is -2.53. The van der Waals surface area contributed by atoms with E-state index in [0.29, 0.717) is 12.2 Å². The van der Waals surface area contributed by atoms with Crippen molar-refractivity contribution in [2.75, 3.05) is 6.61 Å². The molecular weight excluding hydrogens is 284 g/mol. The number of carbonyl (C=O) groups excluding carboxylic acids is 1. The molecule has 0 saturated heterocycles. The van der Waals surface area contributed by atoms with E-state index >= 15 is 0 Å². The molecule has 0 aromatic heterocycles. The normalized spacial score (nSPS) is 10.6. The molecule has 0 bridgehead atoms. The van der Waals surface area contributed by atoms with Crippen LogP contribution in [0.4, 0.5) is 0 Å². The van der Waals surface area contributed by atoms with Crippen molar-refractivity contribution in [2.24, 2.45) is 0 Å². The predicted molar refractivity (Wildman–Crippen MR) is 93.5 cm³/mol. The van der Waals surface area contributed by atoms with Crippen molar-refractivity contribution in [1.29, 1.82) is 0 Å². The van der Waals surface area contributed by atoms with Crippen molar-refractivity contribution < 1.29 is 9.53 Å². The molecule has 0 saturated carbocycles. The molecule has 118 valence electrons. The number of hydrogen-bond acceptors (Lipinski definition) is 2. The molecular formula is C21H22O2. The lowest BCUT2D eigenvalue weighted by molar-refractivity contribution is 0.0526. The first-order chi connectivity index (χ1) is 10.9. The summed E-state index contributed by atoms with van der Waals surface area (Å²) in [6.45, 7) is 8.74. The third kappa shape index (κ3) is 4.72. The van der Waals surface area contributed by atoms with Crippen LogP contribution in [-0.4, -0.2) is 12.6 Å². The van der Waals surface area contributed by atoms with Crippen LogP contribution in [0.5, 0.6) is 0 Å². The van der Waals surface area contributed by atoms with Gasteiger partial charge in [0.2, 0.25) is 0 Å². The van der Waals surface area contributed by atoms with Gasteiger partial charge < -0.3 is 4.74 Å². The Bertz CT molecular complexity index is 738. The zero-order valence-corrected chi connectivity index (χ0v) is 14.1. The monoisotopic (exact) mass is 306 g/mol. The number of benzene rings is 2. The number of hydrogen-bond donors (Lipinski definition) is 0. The molecule has 0 aliphatic carbocycles. The molecule has 0 N–H and O–H groups in total. The van der Waals surface area contributed by atoms with E-state index in [4.69, 9.17) is 4.74 Å². The number of rotatable bonds is 2. The smallest absolute Gasteiger partial charge is 0.338 e. The summed E-state index contributed by atoms with van der Waals surface area (Å²) < 4.78 is 4.97. The van der Waals surface area contributed by atoms with E-state index in [2.05, 4.69) is 44.7 Å². The Morgan fingerprint density at radius 2 is 1.65 bits per heavy atom. The van der Waals surface area contributed by atoms with Crippen LogP contribution in [-0.2, 0) is 10.2 Å². The molecule has 0 amide bonds. The van der Waals surface area contributed by atoms with E-state index in [0.717, 1.165) is 11.1 Å². The van der Waals surface area contributed by atoms with Crippen LogP contribution in [0.15, 0.2) is 48.5 Å². The van der Waals surface area contributed by atoms with E-state index in [-0.39, 0.29) is 11.4 Å². The summed E-state index contributed by atoms with van der Waals surface area (Å²) in [6.07, 6.45) is 0. The summed E-state index contributed by atoms with van der Waals surface area (Å²) in [5.41, 5.74) is 3.79. The standard InChI is InChI=1S/C21H22O2/c1-5-23-20(22)18-13-11-16(12-14-18)9-10-17-7-6-8-19(15-17)21(2,3)4/h6-8,11-15H,5H2,1-4H3. The topological polar surface area (TPSA) is 26.3 Å². The first-order valence-corrected chi connectivity index (χ1v) is 7.80. The van der Waals surface area contributed by atoms with Gasteiger partial charge in [-0.3, -0.25) is 0 Å². The van der Waals surface area contributed by atoms with Crippen LogP contribution in [0.25, 0.3) is 0 Å². The maximum absolute atomic E-state index is 11.6. The second-order valence-corrected chi connectivity index (χ2v) is 6.38. The number of esters is 1. The summed E-state index contributed by atoms with van der Waals surface area (Å²) >= 11 is 0. The highest BCUT2D eigenvalue weighted by Gasteiger charge is 2.13. The molecule has 2 heteroatoms. The quantitative estimate of drug-likeness (QED) is 0.600. The number of ether oxygens (including phenoxy) is 1. The molecule has 2 nitrogen and oxygen atoms in total. The van der Waals surface area contributed by atoms with Crippen molar-refractivity contribution in [1.82, 2.24) is 0 Å². The van der Waals surface area contributed by atoms with Crippen molar-refractivity contribution in [3.8, 4) is 11.8 Å². The maximum Gasteiger partial charge on any atom is 0.338 e. The van der Waals surface area contributed by atoms with Gasteiger partial charge in [0.1, 0.15) is 0 Å². The van der Waals surface area contributed by atoms with E-state index in [1.165, 1.54) is 5.56 Å². The van der Waals surface area contributed by atoms with Gasteiger partial charge in [-0.05, 0) is 54.3 Å². The Balaban J connectivity index is 2.18. The zero-order valence-electron chi connectivity index (χ0n) is 14.1. The molecule has 0 atom stereocenters. The van der Waals surface area contributed by atoms with Gasteiger partial charge in [0.25, 0.3) is 0 Å². The molecule has 2 rings (SSSR count). The SMILES string of the molecule is CCOC(=O)c1ccc(C#Cc2cccc(C(C)(C)C)c2)cc1. The Labute approximate surface area is 138 Å². The highest BCUT2D eigenvalue weighted by Crippen LogP contribution is 2.22. The first kappa shape index (κ1) is 16.8. The summed E-state index contributed by atoms with van der Waals surface area (Å²) in [5.74, 6) is 6.02. The molecule has 23 heavy (non-hydrogen) atoms. The van der Waals surface area contributed by atoms with Crippen molar-refractivity contribution in [2.45, 2.75) is 33.1 Å². The van der Waals surface area contributed by atoms with Gasteiger partial charge in [0, 0.05) is 11.1 Å². The summed E-state index contributed by atoms with van der Waals surface area (Å²) in [7, 11) is 0. The summed E-state index contributed by atoms with van der Waals surface area (Å²) in [5, 5.41) is 0. The minimum Gasteiger partial charge on any atom is -0.462 e. The van der Waals surface area contributed by atoms with E-state index in [9.17, 15) is 4.79 Å². The summed E-state index contributed by atoms with van der Waals surface area (Å²) in [4.78, 5) is 11.6. The lowest BCUT2D eigenvalue weighted by atomic mass is 9.86. The maximum atomic E-state index is 11.6. The Kier molecular flexibility index (Phi) is 5.24. The van der Waals surface area contributed by atoms with Crippen LogP contribution in [0.2, 0.25) is 0 Å². The highest BCUT2D eigenvalue weighted by molar-refractivity contribution is 5.89. The van der Waals surface area contributed by atoms with E-state index in [1.807, 2.05) is 24.3 Å². The molecule has 2 aromatic rings. The molecule has 0 heterocycles. The molecule has 0 aliphatic heterocycles. The molecule has 0 spiro atoms. The van der Waals surface area contributed by atoms with Crippen LogP contribution >= 0.6 is 0 Å². The second-order valence-electron chi connectivity index (χ2n) is 6.38. The van der Waals surface area contributed by atoms with Crippen LogP contribution < -0.4 is 0 Å². The van der Waals surface area contributed by atoms with Gasteiger partial charge in [-0.25, -0.2) is 4.79 Å². The van der Waals surface area contributed by atoms with Gasteiger partial charge in [-0.2, -0.15) is 0 Å². The molecule has 2 aromatic carbocycles. The first-order valence-electron chi connectivity index (χ1n) is 7.80. The zero-order chi connectivity index (χ0) is 16.9. The largest absolute Gasteiger partial charge is 0.462 e. The third-order valence-electron chi connectivity index (χ3n) is 3.48. The number of carbonyl (C=O) groups is 1. The average molecular weight is 306 g/mol. The van der Waals surface area contributed by atoms with Gasteiger partial charge >= 0.3 is 5.97 Å². The minimum atomic E-state index is -0.301. The third-order valence-corrected chi connectivity index (χ3v) is 3.48. The van der Waals surface area contributed by atoms with Gasteiger partial charge in [-0.1, -0.05) is 44.7 Å². The van der Waals surface area contributed by atoms with Gasteiger partial charge in [0.05, 0.1) is 12.2 Å². The molecule has 0 radical (unpaired) electrons. The lowest BCUT2D eigenvalue weighted by Crippen LogP contribution is -2.10. The van der Waals surface area contributed by atoms with Crippen molar-refractivity contribution in [3.63, 3.8) is 0 Å². The van der Waals surface area contributed by atoms with Crippen molar-refractivity contribution >= 4 is 5.97 Å². The molecule has 0 unspecified atom stereocenters. The highest BCUT2D eigenvalue weighted by atomic mass is 16.5. The fourth-order valence-corrected chi connectivity index (χ4v) is 2.11. The fraction of sp³-hybridized carbons (Fsp3) is 0.286. The van der Waals surface area contributed by atoms with E-state index in [1.54, 1.807) is 19.1 Å². The van der Waals surface area contributed by atoms with Crippen molar-refractivity contribution in [3.05, 3.63) is 70.8 Å². The van der Waals surface area contributed by atoms with Crippen LogP contribution in [0, 0.1) is 11.8 Å². The van der Waals surface area contributed by atoms with Crippen LogP contribution in [0.3, 0.4) is 0 Å². The molecule has 0 aliphatic rings. The lowest BCUT2D eigenvalue weighted by Gasteiger charge is -2.18. The van der Waals surface area contributed by atoms with Gasteiger partial charge in [0.15, 0.2) is 0 Å². The van der Waals surface area contributed by atoms with Crippen LogP contribution in [0.1, 0.15) is 54.7 Å². The predicted octanol–water partition coefficient (Wildman–Crippen LogP) is 4.56. The fourth-order valence-electron chi connectivity index (χ4n) is 2.11. The Morgan fingerprint density at radius 3 is 2.26 bits per heavy atom.